The van der Waals surface area contributed by atoms with Crippen LogP contribution in [0.2, 0.25) is 0 Å². The molecule has 0 bridgehead atoms. The van der Waals surface area contributed by atoms with Crippen LogP contribution in [0.4, 0.5) is 0 Å². The summed E-state index contributed by atoms with van der Waals surface area (Å²) in [4.78, 5) is 13.7. The van der Waals surface area contributed by atoms with Crippen LogP contribution >= 0.6 is 0 Å². The second-order valence-corrected chi connectivity index (χ2v) is 5.44. The van der Waals surface area contributed by atoms with Gasteiger partial charge in [-0.15, -0.1) is 0 Å². The van der Waals surface area contributed by atoms with Crippen LogP contribution in [-0.2, 0) is 9.53 Å². The van der Waals surface area contributed by atoms with Gasteiger partial charge in [-0.25, -0.2) is 0 Å². The van der Waals surface area contributed by atoms with Crippen molar-refractivity contribution >= 4 is 6.29 Å². The van der Waals surface area contributed by atoms with Crippen molar-refractivity contribution in [2.24, 2.45) is 0 Å². The molecule has 0 aromatic heterocycles. The molecular formula is C16H26N2O2. The summed E-state index contributed by atoms with van der Waals surface area (Å²) in [6.07, 6.45) is 10.8. The Bertz CT molecular complexity index is 365. The minimum absolute atomic E-state index is 0.225. The predicted octanol–water partition coefficient (Wildman–Crippen LogP) is 2.23. The van der Waals surface area contributed by atoms with Gasteiger partial charge in [-0.05, 0) is 38.2 Å². The lowest BCUT2D eigenvalue weighted by Gasteiger charge is -2.31. The number of aldehydes is 1. The number of hydrogen-bond donors (Lipinski definition) is 1. The molecule has 0 atom stereocenters. The first kappa shape index (κ1) is 15.1. The third-order valence-electron chi connectivity index (χ3n) is 3.92. The maximum absolute atomic E-state index is 11.5. The molecule has 112 valence electrons. The van der Waals surface area contributed by atoms with Crippen LogP contribution in [0.25, 0.3) is 0 Å². The summed E-state index contributed by atoms with van der Waals surface area (Å²) >= 11 is 0. The molecule has 0 aromatic carbocycles. The Balaban J connectivity index is 2.16. The molecule has 4 heteroatoms. The Morgan fingerprint density at radius 1 is 1.30 bits per heavy atom. The Hall–Kier alpha value is -1.29. The zero-order valence-electron chi connectivity index (χ0n) is 12.4. The van der Waals surface area contributed by atoms with Gasteiger partial charge in [0.2, 0.25) is 0 Å². The second kappa shape index (κ2) is 8.10. The number of nitrogens with zero attached hydrogens (tertiary/aromatic N) is 1. The van der Waals surface area contributed by atoms with Crippen molar-refractivity contribution in [2.75, 3.05) is 26.2 Å². The van der Waals surface area contributed by atoms with Crippen LogP contribution < -0.4 is 5.32 Å². The predicted molar refractivity (Wildman–Crippen MR) is 80.3 cm³/mol. The Kier molecular flexibility index (Phi) is 6.12. The van der Waals surface area contributed by atoms with E-state index >= 15 is 0 Å². The Morgan fingerprint density at radius 3 is 2.60 bits per heavy atom. The molecule has 0 aromatic rings. The summed E-state index contributed by atoms with van der Waals surface area (Å²) in [7, 11) is 0. The van der Waals surface area contributed by atoms with Crippen molar-refractivity contribution in [3.8, 4) is 0 Å². The Labute approximate surface area is 121 Å². The molecule has 1 saturated carbocycles. The maximum atomic E-state index is 11.5. The van der Waals surface area contributed by atoms with E-state index in [-0.39, 0.29) is 6.10 Å². The molecule has 2 fully saturated rings. The van der Waals surface area contributed by atoms with Crippen LogP contribution in [-0.4, -0.2) is 43.5 Å². The van der Waals surface area contributed by atoms with Gasteiger partial charge in [0.1, 0.15) is 0 Å². The highest BCUT2D eigenvalue weighted by molar-refractivity contribution is 5.72. The van der Waals surface area contributed by atoms with Crippen molar-refractivity contribution in [3.63, 3.8) is 0 Å². The molecular weight excluding hydrogens is 252 g/mol. The average molecular weight is 278 g/mol. The fourth-order valence-electron chi connectivity index (χ4n) is 2.81. The second-order valence-electron chi connectivity index (χ2n) is 5.44. The van der Waals surface area contributed by atoms with Crippen LogP contribution in [0.3, 0.4) is 0 Å². The van der Waals surface area contributed by atoms with Gasteiger partial charge in [-0.3, -0.25) is 4.79 Å². The van der Waals surface area contributed by atoms with Crippen LogP contribution in [0, 0.1) is 0 Å². The van der Waals surface area contributed by atoms with E-state index in [0.29, 0.717) is 5.76 Å². The summed E-state index contributed by atoms with van der Waals surface area (Å²) < 4.78 is 5.97. The number of hydrogen-bond acceptors (Lipinski definition) is 4. The topological polar surface area (TPSA) is 41.6 Å². The van der Waals surface area contributed by atoms with E-state index in [1.807, 2.05) is 6.08 Å². The number of ether oxygens (including phenoxy) is 1. The molecule has 2 aliphatic rings. The minimum Gasteiger partial charge on any atom is -0.485 e. The number of carbonyl (C=O) groups is 1. The van der Waals surface area contributed by atoms with Crippen molar-refractivity contribution in [1.29, 1.82) is 0 Å². The van der Waals surface area contributed by atoms with E-state index in [1.165, 1.54) is 12.8 Å². The number of carbonyl (C=O) groups excluding carboxylic acids is 1. The van der Waals surface area contributed by atoms with Gasteiger partial charge in [0.15, 0.2) is 12.0 Å². The fraction of sp³-hybridized carbons (Fsp3) is 0.688. The lowest BCUT2D eigenvalue weighted by atomic mass is 10.2. The SMILES string of the molecule is CC/C=C/C(=C(\C=O)OC1CCCC1)N1CCNCC1. The largest absolute Gasteiger partial charge is 0.485 e. The molecule has 1 saturated heterocycles. The molecule has 2 rings (SSSR count). The third kappa shape index (κ3) is 4.10. The number of allylic oxidation sites excluding steroid dienone is 3. The van der Waals surface area contributed by atoms with Gasteiger partial charge in [0.25, 0.3) is 0 Å². The Morgan fingerprint density at radius 2 is 2.00 bits per heavy atom. The quantitative estimate of drug-likeness (QED) is 0.350. The van der Waals surface area contributed by atoms with Crippen LogP contribution in [0.15, 0.2) is 23.6 Å². The summed E-state index contributed by atoms with van der Waals surface area (Å²) in [5.41, 5.74) is 0.954. The first-order valence-electron chi connectivity index (χ1n) is 7.83. The van der Waals surface area contributed by atoms with Gasteiger partial charge < -0.3 is 15.0 Å². The molecule has 0 spiro atoms. The normalized spacial score (nSPS) is 22.1. The summed E-state index contributed by atoms with van der Waals surface area (Å²) in [5.74, 6) is 0.517. The van der Waals surface area contributed by atoms with Crippen molar-refractivity contribution in [3.05, 3.63) is 23.6 Å². The van der Waals surface area contributed by atoms with E-state index in [1.54, 1.807) is 0 Å². The van der Waals surface area contributed by atoms with Crippen molar-refractivity contribution < 1.29 is 9.53 Å². The fourth-order valence-corrected chi connectivity index (χ4v) is 2.81. The monoisotopic (exact) mass is 278 g/mol. The molecule has 1 heterocycles. The van der Waals surface area contributed by atoms with Gasteiger partial charge in [-0.2, -0.15) is 0 Å². The van der Waals surface area contributed by atoms with Gasteiger partial charge >= 0.3 is 0 Å². The summed E-state index contributed by atoms with van der Waals surface area (Å²) in [5, 5.41) is 3.34. The zero-order valence-corrected chi connectivity index (χ0v) is 12.4. The van der Waals surface area contributed by atoms with E-state index in [4.69, 9.17) is 4.74 Å². The standard InChI is InChI=1S/C16H26N2O2/c1-2-3-8-15(18-11-9-17-10-12-18)16(13-19)20-14-6-4-5-7-14/h3,8,13-14,17H,2,4-7,9-12H2,1H3/b8-3+,16-15-. The highest BCUT2D eigenvalue weighted by Crippen LogP contribution is 2.25. The third-order valence-corrected chi connectivity index (χ3v) is 3.92. The van der Waals surface area contributed by atoms with E-state index in [0.717, 1.165) is 57.4 Å². The summed E-state index contributed by atoms with van der Waals surface area (Å²) in [6.45, 7) is 5.87. The molecule has 0 radical (unpaired) electrons. The first-order chi connectivity index (χ1) is 9.85. The molecule has 1 aliphatic carbocycles. The molecule has 0 unspecified atom stereocenters. The first-order valence-corrected chi connectivity index (χ1v) is 7.83. The van der Waals surface area contributed by atoms with E-state index in [2.05, 4.69) is 23.2 Å². The van der Waals surface area contributed by atoms with Gasteiger partial charge in [0, 0.05) is 26.2 Å². The molecule has 4 nitrogen and oxygen atoms in total. The average Bonchev–Trinajstić information content (AvgIpc) is 3.00. The van der Waals surface area contributed by atoms with Crippen molar-refractivity contribution in [2.45, 2.75) is 45.1 Å². The number of rotatable bonds is 6. The smallest absolute Gasteiger partial charge is 0.186 e. The highest BCUT2D eigenvalue weighted by atomic mass is 16.5. The molecule has 20 heavy (non-hydrogen) atoms. The number of nitrogens with one attached hydrogen (secondary N) is 1. The number of piperazine rings is 1. The van der Waals surface area contributed by atoms with Crippen LogP contribution in [0.1, 0.15) is 39.0 Å². The minimum atomic E-state index is 0.225. The maximum Gasteiger partial charge on any atom is 0.186 e. The molecule has 0 amide bonds. The van der Waals surface area contributed by atoms with Crippen LogP contribution in [0.5, 0.6) is 0 Å². The van der Waals surface area contributed by atoms with Gasteiger partial charge in [-0.1, -0.05) is 13.0 Å². The van der Waals surface area contributed by atoms with Gasteiger partial charge in [0.05, 0.1) is 11.8 Å². The molecule has 1 aliphatic heterocycles. The lowest BCUT2D eigenvalue weighted by Crippen LogP contribution is -2.43. The van der Waals surface area contributed by atoms with Crippen molar-refractivity contribution in [1.82, 2.24) is 10.2 Å². The van der Waals surface area contributed by atoms with E-state index in [9.17, 15) is 4.79 Å². The highest BCUT2D eigenvalue weighted by Gasteiger charge is 2.21. The zero-order chi connectivity index (χ0) is 14.2. The molecule has 1 N–H and O–H groups in total. The lowest BCUT2D eigenvalue weighted by molar-refractivity contribution is -0.109. The summed E-state index contributed by atoms with van der Waals surface area (Å²) in [6, 6.07) is 0. The van der Waals surface area contributed by atoms with E-state index < -0.39 is 0 Å².